The highest BCUT2D eigenvalue weighted by atomic mass is 16.3. The fraction of sp³-hybridized carbons (Fsp3) is 0.500. The Labute approximate surface area is 79.4 Å². The van der Waals surface area contributed by atoms with Crippen molar-refractivity contribution < 1.29 is 5.11 Å². The van der Waals surface area contributed by atoms with E-state index in [4.69, 9.17) is 5.11 Å². The van der Waals surface area contributed by atoms with Gasteiger partial charge in [0.25, 0.3) is 0 Å². The topological polar surface area (TPSA) is 20.2 Å². The van der Waals surface area contributed by atoms with Gasteiger partial charge < -0.3 is 5.11 Å². The first kappa shape index (κ1) is 8.76. The second-order valence-electron chi connectivity index (χ2n) is 4.30. The van der Waals surface area contributed by atoms with Crippen molar-refractivity contribution in [1.29, 1.82) is 0 Å². The first-order valence-electron chi connectivity index (χ1n) is 4.92. The second kappa shape index (κ2) is 3.15. The van der Waals surface area contributed by atoms with Gasteiger partial charge in [-0.2, -0.15) is 0 Å². The molecule has 0 bridgehead atoms. The lowest BCUT2D eigenvalue weighted by Gasteiger charge is -2.08. The quantitative estimate of drug-likeness (QED) is 0.750. The minimum Gasteiger partial charge on any atom is -0.396 e. The fourth-order valence-electron chi connectivity index (χ4n) is 2.14. The molecule has 1 aliphatic rings. The SMILES string of the molecule is C[C@@]1(CCO)C[C@@H]1c1ccccc1. The molecule has 1 heteroatoms. The van der Waals surface area contributed by atoms with Crippen LogP contribution in [-0.2, 0) is 0 Å². The molecule has 0 radical (unpaired) electrons. The normalized spacial score (nSPS) is 31.7. The van der Waals surface area contributed by atoms with Gasteiger partial charge in [0.1, 0.15) is 0 Å². The summed E-state index contributed by atoms with van der Waals surface area (Å²) in [4.78, 5) is 0. The van der Waals surface area contributed by atoms with Gasteiger partial charge in [0.2, 0.25) is 0 Å². The van der Waals surface area contributed by atoms with Gasteiger partial charge in [-0.25, -0.2) is 0 Å². The zero-order valence-corrected chi connectivity index (χ0v) is 8.03. The van der Waals surface area contributed by atoms with Crippen molar-refractivity contribution in [2.45, 2.75) is 25.7 Å². The van der Waals surface area contributed by atoms with Crippen molar-refractivity contribution in [2.75, 3.05) is 6.61 Å². The average molecular weight is 176 g/mol. The van der Waals surface area contributed by atoms with Crippen molar-refractivity contribution >= 4 is 0 Å². The molecule has 0 unspecified atom stereocenters. The van der Waals surface area contributed by atoms with Crippen molar-refractivity contribution in [1.82, 2.24) is 0 Å². The third-order valence-corrected chi connectivity index (χ3v) is 3.24. The van der Waals surface area contributed by atoms with E-state index in [1.54, 1.807) is 0 Å². The highest BCUT2D eigenvalue weighted by molar-refractivity contribution is 5.28. The van der Waals surface area contributed by atoms with Crippen molar-refractivity contribution in [3.8, 4) is 0 Å². The van der Waals surface area contributed by atoms with E-state index in [0.29, 0.717) is 17.9 Å². The smallest absolute Gasteiger partial charge is 0.0436 e. The van der Waals surface area contributed by atoms with Crippen LogP contribution in [0.2, 0.25) is 0 Å². The predicted molar refractivity (Wildman–Crippen MR) is 53.6 cm³/mol. The molecule has 1 aliphatic carbocycles. The minimum atomic E-state index is 0.319. The molecule has 1 N–H and O–H groups in total. The molecule has 13 heavy (non-hydrogen) atoms. The Kier molecular flexibility index (Phi) is 2.12. The van der Waals surface area contributed by atoms with E-state index in [2.05, 4.69) is 37.3 Å². The summed E-state index contributed by atoms with van der Waals surface area (Å²) in [6.45, 7) is 2.58. The molecule has 0 saturated heterocycles. The predicted octanol–water partition coefficient (Wildman–Crippen LogP) is 2.56. The Hall–Kier alpha value is -0.820. The lowest BCUT2D eigenvalue weighted by atomic mass is 9.98. The lowest BCUT2D eigenvalue weighted by Crippen LogP contribution is -2.00. The standard InChI is InChI=1S/C12H16O/c1-12(7-8-13)9-11(12)10-5-3-2-4-6-10/h2-6,11,13H,7-9H2,1H3/t11-,12-/m1/s1. The summed E-state index contributed by atoms with van der Waals surface area (Å²) in [7, 11) is 0. The molecule has 0 aromatic heterocycles. The van der Waals surface area contributed by atoms with E-state index < -0.39 is 0 Å². The Morgan fingerprint density at radius 1 is 1.38 bits per heavy atom. The van der Waals surface area contributed by atoms with Crippen LogP contribution in [0.5, 0.6) is 0 Å². The van der Waals surface area contributed by atoms with Crippen LogP contribution in [0, 0.1) is 5.41 Å². The van der Waals surface area contributed by atoms with Crippen molar-refractivity contribution in [3.05, 3.63) is 35.9 Å². The van der Waals surface area contributed by atoms with Crippen LogP contribution in [0.25, 0.3) is 0 Å². The molecule has 1 saturated carbocycles. The Morgan fingerprint density at radius 2 is 2.08 bits per heavy atom. The molecule has 0 heterocycles. The highest BCUT2D eigenvalue weighted by Crippen LogP contribution is 2.60. The summed E-state index contributed by atoms with van der Waals surface area (Å²) in [5.41, 5.74) is 1.80. The van der Waals surface area contributed by atoms with Gasteiger partial charge in [-0.15, -0.1) is 0 Å². The first-order valence-corrected chi connectivity index (χ1v) is 4.92. The van der Waals surface area contributed by atoms with E-state index in [9.17, 15) is 0 Å². The maximum absolute atomic E-state index is 8.91. The molecule has 1 nitrogen and oxygen atoms in total. The second-order valence-corrected chi connectivity index (χ2v) is 4.30. The molecule has 70 valence electrons. The third-order valence-electron chi connectivity index (χ3n) is 3.24. The minimum absolute atomic E-state index is 0.319. The number of aliphatic hydroxyl groups is 1. The first-order chi connectivity index (χ1) is 6.26. The molecule has 0 spiro atoms. The third kappa shape index (κ3) is 1.61. The van der Waals surface area contributed by atoms with Crippen LogP contribution in [0.1, 0.15) is 31.2 Å². The number of benzene rings is 1. The maximum Gasteiger partial charge on any atom is 0.0436 e. The fourth-order valence-corrected chi connectivity index (χ4v) is 2.14. The monoisotopic (exact) mass is 176 g/mol. The molecular formula is C12H16O. The maximum atomic E-state index is 8.91. The molecule has 2 rings (SSSR count). The molecule has 1 aromatic rings. The average Bonchev–Trinajstić information content (AvgIpc) is 2.80. The van der Waals surface area contributed by atoms with Crippen molar-refractivity contribution in [3.63, 3.8) is 0 Å². The van der Waals surface area contributed by atoms with E-state index in [1.807, 2.05) is 0 Å². The van der Waals surface area contributed by atoms with Crippen LogP contribution in [0.4, 0.5) is 0 Å². The van der Waals surface area contributed by atoms with Gasteiger partial charge in [-0.05, 0) is 29.7 Å². The Bertz CT molecular complexity index is 280. The van der Waals surface area contributed by atoms with Gasteiger partial charge in [0.15, 0.2) is 0 Å². The van der Waals surface area contributed by atoms with Crippen LogP contribution >= 0.6 is 0 Å². The Balaban J connectivity index is 2.07. The molecule has 0 amide bonds. The molecule has 2 atom stereocenters. The molecular weight excluding hydrogens is 160 g/mol. The largest absolute Gasteiger partial charge is 0.396 e. The van der Waals surface area contributed by atoms with Gasteiger partial charge in [0, 0.05) is 6.61 Å². The molecule has 1 fully saturated rings. The number of rotatable bonds is 3. The summed E-state index contributed by atoms with van der Waals surface area (Å²) in [6.07, 6.45) is 2.17. The van der Waals surface area contributed by atoms with Crippen LogP contribution in [-0.4, -0.2) is 11.7 Å². The molecule has 0 aliphatic heterocycles. The van der Waals surface area contributed by atoms with Crippen molar-refractivity contribution in [2.24, 2.45) is 5.41 Å². The lowest BCUT2D eigenvalue weighted by molar-refractivity contribution is 0.253. The van der Waals surface area contributed by atoms with Crippen LogP contribution in [0.15, 0.2) is 30.3 Å². The summed E-state index contributed by atoms with van der Waals surface area (Å²) < 4.78 is 0. The van der Waals surface area contributed by atoms with Crippen LogP contribution in [0.3, 0.4) is 0 Å². The van der Waals surface area contributed by atoms with Crippen LogP contribution < -0.4 is 0 Å². The van der Waals surface area contributed by atoms with Gasteiger partial charge in [-0.1, -0.05) is 37.3 Å². The van der Waals surface area contributed by atoms with E-state index >= 15 is 0 Å². The summed E-state index contributed by atoms with van der Waals surface area (Å²) in [6, 6.07) is 10.6. The van der Waals surface area contributed by atoms with Gasteiger partial charge in [0.05, 0.1) is 0 Å². The van der Waals surface area contributed by atoms with E-state index in [-0.39, 0.29) is 0 Å². The zero-order chi connectivity index (χ0) is 9.31. The summed E-state index contributed by atoms with van der Waals surface area (Å²) >= 11 is 0. The highest BCUT2D eigenvalue weighted by Gasteiger charge is 2.49. The molecule has 1 aromatic carbocycles. The van der Waals surface area contributed by atoms with Gasteiger partial charge in [-0.3, -0.25) is 0 Å². The number of aliphatic hydroxyl groups excluding tert-OH is 1. The number of hydrogen-bond donors (Lipinski definition) is 1. The van der Waals surface area contributed by atoms with Gasteiger partial charge >= 0.3 is 0 Å². The summed E-state index contributed by atoms with van der Waals surface area (Å²) in [5.74, 6) is 0.681. The zero-order valence-electron chi connectivity index (χ0n) is 8.03. The van der Waals surface area contributed by atoms with E-state index in [1.165, 1.54) is 12.0 Å². The Morgan fingerprint density at radius 3 is 2.69 bits per heavy atom. The van der Waals surface area contributed by atoms with E-state index in [0.717, 1.165) is 6.42 Å². The summed E-state index contributed by atoms with van der Waals surface area (Å²) in [5, 5.41) is 8.91. The number of hydrogen-bond acceptors (Lipinski definition) is 1.